The van der Waals surface area contributed by atoms with Crippen LogP contribution in [0.2, 0.25) is 5.02 Å². The molecule has 100 valence electrons. The first-order chi connectivity index (χ1) is 9.06. The zero-order chi connectivity index (χ0) is 13.8. The molecular formula is C16H17BrClN. The number of anilines is 1. The fourth-order valence-corrected chi connectivity index (χ4v) is 2.59. The first-order valence-electron chi connectivity index (χ1n) is 6.34. The normalized spacial score (nSPS) is 10.8. The Kier molecular flexibility index (Phi) is 4.89. The van der Waals surface area contributed by atoms with E-state index in [4.69, 9.17) is 11.6 Å². The largest absolute Gasteiger partial charge is 0.380 e. The summed E-state index contributed by atoms with van der Waals surface area (Å²) in [5.41, 5.74) is 3.58. The summed E-state index contributed by atoms with van der Waals surface area (Å²) in [6.45, 7) is 5.18. The van der Waals surface area contributed by atoms with Gasteiger partial charge in [0.15, 0.2) is 0 Å². The minimum Gasteiger partial charge on any atom is -0.380 e. The fraction of sp³-hybridized carbons (Fsp3) is 0.250. The van der Waals surface area contributed by atoms with Crippen LogP contribution in [-0.4, -0.2) is 0 Å². The number of rotatable bonds is 4. The lowest BCUT2D eigenvalue weighted by Gasteiger charge is -2.10. The van der Waals surface area contributed by atoms with Crippen LogP contribution >= 0.6 is 27.5 Å². The zero-order valence-corrected chi connectivity index (χ0v) is 13.4. The van der Waals surface area contributed by atoms with Gasteiger partial charge in [0.2, 0.25) is 0 Å². The van der Waals surface area contributed by atoms with Crippen LogP contribution in [0.4, 0.5) is 5.69 Å². The van der Waals surface area contributed by atoms with E-state index < -0.39 is 0 Å². The summed E-state index contributed by atoms with van der Waals surface area (Å²) in [4.78, 5) is 0. The lowest BCUT2D eigenvalue weighted by atomic mass is 10.0. The van der Waals surface area contributed by atoms with Gasteiger partial charge in [0.05, 0.1) is 10.7 Å². The SMILES string of the molecule is CC(C)c1ccc(CNc2ccc(Br)cc2Cl)cc1. The van der Waals surface area contributed by atoms with Crippen LogP contribution in [-0.2, 0) is 6.54 Å². The summed E-state index contributed by atoms with van der Waals surface area (Å²) < 4.78 is 0.990. The van der Waals surface area contributed by atoms with Crippen molar-refractivity contribution >= 4 is 33.2 Å². The van der Waals surface area contributed by atoms with Gasteiger partial charge in [-0.25, -0.2) is 0 Å². The summed E-state index contributed by atoms with van der Waals surface area (Å²) in [5.74, 6) is 0.572. The van der Waals surface area contributed by atoms with Gasteiger partial charge in [-0.1, -0.05) is 65.6 Å². The second-order valence-corrected chi connectivity index (χ2v) is 6.20. The van der Waals surface area contributed by atoms with Gasteiger partial charge in [-0.15, -0.1) is 0 Å². The number of hydrogen-bond donors (Lipinski definition) is 1. The van der Waals surface area contributed by atoms with Crippen LogP contribution in [0.25, 0.3) is 0 Å². The van der Waals surface area contributed by atoms with Crippen molar-refractivity contribution in [2.45, 2.75) is 26.3 Å². The van der Waals surface area contributed by atoms with Gasteiger partial charge in [0.1, 0.15) is 0 Å². The Bertz CT molecular complexity index is 549. The minimum absolute atomic E-state index is 0.572. The topological polar surface area (TPSA) is 12.0 Å². The molecule has 0 aliphatic rings. The van der Waals surface area contributed by atoms with E-state index in [9.17, 15) is 0 Å². The lowest BCUT2D eigenvalue weighted by Crippen LogP contribution is -2.00. The smallest absolute Gasteiger partial charge is 0.0648 e. The van der Waals surface area contributed by atoms with Crippen LogP contribution < -0.4 is 5.32 Å². The molecule has 0 saturated carbocycles. The monoisotopic (exact) mass is 337 g/mol. The summed E-state index contributed by atoms with van der Waals surface area (Å²) in [6, 6.07) is 14.6. The quantitative estimate of drug-likeness (QED) is 0.738. The summed E-state index contributed by atoms with van der Waals surface area (Å²) in [5, 5.41) is 4.08. The highest BCUT2D eigenvalue weighted by Crippen LogP contribution is 2.26. The van der Waals surface area contributed by atoms with E-state index in [0.717, 1.165) is 21.7 Å². The maximum absolute atomic E-state index is 6.17. The average molecular weight is 339 g/mol. The van der Waals surface area contributed by atoms with Crippen LogP contribution in [0.5, 0.6) is 0 Å². The molecule has 0 heterocycles. The fourth-order valence-electron chi connectivity index (χ4n) is 1.85. The number of hydrogen-bond acceptors (Lipinski definition) is 1. The molecule has 1 nitrogen and oxygen atoms in total. The Morgan fingerprint density at radius 1 is 1.11 bits per heavy atom. The number of benzene rings is 2. The summed E-state index contributed by atoms with van der Waals surface area (Å²) >= 11 is 9.57. The average Bonchev–Trinajstić information content (AvgIpc) is 2.38. The molecule has 2 aromatic rings. The molecule has 2 rings (SSSR count). The van der Waals surface area contributed by atoms with Crippen LogP contribution in [0, 0.1) is 0 Å². The highest BCUT2D eigenvalue weighted by Gasteiger charge is 2.02. The molecule has 0 aliphatic carbocycles. The van der Waals surface area contributed by atoms with E-state index in [0.29, 0.717) is 5.92 Å². The Hall–Kier alpha value is -0.990. The van der Waals surface area contributed by atoms with Gasteiger partial charge in [-0.2, -0.15) is 0 Å². The van der Waals surface area contributed by atoms with Crippen LogP contribution in [0.3, 0.4) is 0 Å². The Morgan fingerprint density at radius 3 is 2.37 bits per heavy atom. The Morgan fingerprint density at radius 2 is 1.79 bits per heavy atom. The zero-order valence-electron chi connectivity index (χ0n) is 11.1. The van der Waals surface area contributed by atoms with E-state index in [2.05, 4.69) is 59.4 Å². The molecule has 0 unspecified atom stereocenters. The van der Waals surface area contributed by atoms with Gasteiger partial charge in [-0.3, -0.25) is 0 Å². The van der Waals surface area contributed by atoms with Crippen molar-refractivity contribution in [3.63, 3.8) is 0 Å². The molecule has 1 N–H and O–H groups in total. The second-order valence-electron chi connectivity index (χ2n) is 4.87. The van der Waals surface area contributed by atoms with Crippen molar-refractivity contribution in [2.75, 3.05) is 5.32 Å². The molecule has 0 amide bonds. The molecule has 0 aliphatic heterocycles. The second kappa shape index (κ2) is 6.44. The molecule has 0 saturated heterocycles. The molecule has 0 aromatic heterocycles. The third-order valence-corrected chi connectivity index (χ3v) is 3.87. The molecule has 2 aromatic carbocycles. The molecular weight excluding hydrogens is 322 g/mol. The first-order valence-corrected chi connectivity index (χ1v) is 7.51. The third-order valence-electron chi connectivity index (χ3n) is 3.06. The molecule has 0 fully saturated rings. The highest BCUT2D eigenvalue weighted by molar-refractivity contribution is 9.10. The van der Waals surface area contributed by atoms with Gasteiger partial charge < -0.3 is 5.32 Å². The van der Waals surface area contributed by atoms with E-state index in [1.54, 1.807) is 0 Å². The van der Waals surface area contributed by atoms with E-state index in [1.807, 2.05) is 18.2 Å². The molecule has 0 atom stereocenters. The standard InChI is InChI=1S/C16H17BrClN/c1-11(2)13-5-3-12(4-6-13)10-19-16-8-7-14(17)9-15(16)18/h3-9,11,19H,10H2,1-2H3. The molecule has 0 radical (unpaired) electrons. The van der Waals surface area contributed by atoms with E-state index in [-0.39, 0.29) is 0 Å². The summed E-state index contributed by atoms with van der Waals surface area (Å²) in [7, 11) is 0. The van der Waals surface area contributed by atoms with Crippen molar-refractivity contribution in [3.8, 4) is 0 Å². The van der Waals surface area contributed by atoms with Gasteiger partial charge in [0.25, 0.3) is 0 Å². The highest BCUT2D eigenvalue weighted by atomic mass is 79.9. The molecule has 0 bridgehead atoms. The lowest BCUT2D eigenvalue weighted by molar-refractivity contribution is 0.865. The van der Waals surface area contributed by atoms with Crippen molar-refractivity contribution in [1.82, 2.24) is 0 Å². The van der Waals surface area contributed by atoms with Crippen molar-refractivity contribution < 1.29 is 0 Å². The maximum Gasteiger partial charge on any atom is 0.0648 e. The van der Waals surface area contributed by atoms with Crippen molar-refractivity contribution in [3.05, 3.63) is 63.1 Å². The van der Waals surface area contributed by atoms with Crippen molar-refractivity contribution in [2.24, 2.45) is 0 Å². The Labute approximate surface area is 128 Å². The van der Waals surface area contributed by atoms with E-state index >= 15 is 0 Å². The van der Waals surface area contributed by atoms with Crippen LogP contribution in [0.1, 0.15) is 30.9 Å². The van der Waals surface area contributed by atoms with Gasteiger partial charge >= 0.3 is 0 Å². The van der Waals surface area contributed by atoms with Crippen molar-refractivity contribution in [1.29, 1.82) is 0 Å². The molecule has 3 heteroatoms. The van der Waals surface area contributed by atoms with Crippen LogP contribution in [0.15, 0.2) is 46.9 Å². The first kappa shape index (κ1) is 14.4. The van der Waals surface area contributed by atoms with Gasteiger partial charge in [-0.05, 0) is 35.2 Å². The molecule has 19 heavy (non-hydrogen) atoms. The maximum atomic E-state index is 6.17. The molecule has 0 spiro atoms. The number of nitrogens with one attached hydrogen (secondary N) is 1. The predicted octanol–water partition coefficient (Wildman–Crippen LogP) is 5.84. The third kappa shape index (κ3) is 3.99. The summed E-state index contributed by atoms with van der Waals surface area (Å²) in [6.07, 6.45) is 0. The van der Waals surface area contributed by atoms with Gasteiger partial charge in [0, 0.05) is 11.0 Å². The predicted molar refractivity (Wildman–Crippen MR) is 87.0 cm³/mol. The minimum atomic E-state index is 0.572. The van der Waals surface area contributed by atoms with E-state index in [1.165, 1.54) is 11.1 Å². The number of halogens is 2. The Balaban J connectivity index is 2.02.